The number of aromatic nitrogens is 2. The monoisotopic (exact) mass is 440 g/mol. The molecule has 2 amide bonds. The lowest BCUT2D eigenvalue weighted by Gasteiger charge is -2.43. The van der Waals surface area contributed by atoms with Crippen molar-refractivity contribution in [1.82, 2.24) is 19.8 Å². The van der Waals surface area contributed by atoms with E-state index in [9.17, 15) is 9.59 Å². The second-order valence-corrected chi connectivity index (χ2v) is 8.30. The Labute approximate surface area is 186 Å². The van der Waals surface area contributed by atoms with Crippen molar-refractivity contribution in [2.24, 2.45) is 0 Å². The molecule has 0 aliphatic carbocycles. The van der Waals surface area contributed by atoms with Gasteiger partial charge >= 0.3 is 0 Å². The molecule has 31 heavy (non-hydrogen) atoms. The summed E-state index contributed by atoms with van der Waals surface area (Å²) in [6.45, 7) is 3.31. The summed E-state index contributed by atoms with van der Waals surface area (Å²) in [5, 5.41) is 3.57. The van der Waals surface area contributed by atoms with Crippen molar-refractivity contribution in [3.05, 3.63) is 64.9 Å². The second-order valence-electron chi connectivity index (χ2n) is 7.87. The van der Waals surface area contributed by atoms with Crippen molar-refractivity contribution in [1.29, 1.82) is 0 Å². The van der Waals surface area contributed by atoms with E-state index >= 15 is 0 Å². The molecule has 0 radical (unpaired) electrons. The molecule has 4 rings (SSSR count). The standard InChI is InChI=1S/C23H25ClN4O3/c1-23(22(30)25-12-14-31-2)15-27-19-6-4-3-5-18(19)26-20(27)21(29)28(23)13-11-16-7-9-17(24)10-8-16/h3-10H,11-15H2,1-2H3,(H,25,30). The average molecular weight is 441 g/mol. The van der Waals surface area contributed by atoms with Gasteiger partial charge in [0.05, 0.1) is 24.2 Å². The molecular weight excluding hydrogens is 416 g/mol. The van der Waals surface area contributed by atoms with Gasteiger partial charge < -0.3 is 19.5 Å². The van der Waals surface area contributed by atoms with Gasteiger partial charge in [-0.05, 0) is 43.2 Å². The van der Waals surface area contributed by atoms with Gasteiger partial charge in [-0.1, -0.05) is 35.9 Å². The van der Waals surface area contributed by atoms with Crippen LogP contribution in [0, 0.1) is 0 Å². The van der Waals surface area contributed by atoms with E-state index in [1.54, 1.807) is 12.0 Å². The SMILES string of the molecule is COCCNC(=O)C1(C)Cn2c(nc3ccccc32)C(=O)N1CCc1ccc(Cl)cc1. The fourth-order valence-corrected chi connectivity index (χ4v) is 4.15. The first-order chi connectivity index (χ1) is 14.9. The van der Waals surface area contributed by atoms with Crippen molar-refractivity contribution in [2.45, 2.75) is 25.4 Å². The number of halogens is 1. The van der Waals surface area contributed by atoms with Gasteiger partial charge in [-0.3, -0.25) is 9.59 Å². The fraction of sp³-hybridized carbons (Fsp3) is 0.348. The Hall–Kier alpha value is -2.90. The fourth-order valence-electron chi connectivity index (χ4n) is 4.03. The van der Waals surface area contributed by atoms with Crippen LogP contribution in [0.4, 0.5) is 0 Å². The number of carbonyl (C=O) groups excluding carboxylic acids is 2. The summed E-state index contributed by atoms with van der Waals surface area (Å²) in [5.41, 5.74) is 1.57. The number of amides is 2. The van der Waals surface area contributed by atoms with Crippen LogP contribution < -0.4 is 5.32 Å². The number of benzene rings is 2. The van der Waals surface area contributed by atoms with Crippen LogP contribution in [0.2, 0.25) is 5.02 Å². The first-order valence-electron chi connectivity index (χ1n) is 10.2. The molecule has 162 valence electrons. The summed E-state index contributed by atoms with van der Waals surface area (Å²) in [5.74, 6) is -0.0993. The molecule has 1 atom stereocenters. The summed E-state index contributed by atoms with van der Waals surface area (Å²) in [7, 11) is 1.58. The van der Waals surface area contributed by atoms with Crippen molar-refractivity contribution in [3.8, 4) is 0 Å². The van der Waals surface area contributed by atoms with E-state index < -0.39 is 5.54 Å². The normalized spacial score (nSPS) is 18.3. The van der Waals surface area contributed by atoms with Crippen LogP contribution in [0.1, 0.15) is 23.1 Å². The lowest BCUT2D eigenvalue weighted by molar-refractivity contribution is -0.133. The molecule has 1 aromatic heterocycles. The number of hydrogen-bond acceptors (Lipinski definition) is 4. The molecular formula is C23H25ClN4O3. The largest absolute Gasteiger partial charge is 0.383 e. The highest BCUT2D eigenvalue weighted by Gasteiger charge is 2.48. The first kappa shape index (κ1) is 21.3. The molecule has 8 heteroatoms. The molecule has 7 nitrogen and oxygen atoms in total. The maximum atomic E-state index is 13.5. The first-order valence-corrected chi connectivity index (χ1v) is 10.6. The van der Waals surface area contributed by atoms with Crippen LogP contribution in [0.5, 0.6) is 0 Å². The molecule has 0 saturated carbocycles. The van der Waals surface area contributed by atoms with E-state index in [0.29, 0.717) is 43.5 Å². The third-order valence-corrected chi connectivity index (χ3v) is 6.02. The van der Waals surface area contributed by atoms with E-state index in [4.69, 9.17) is 16.3 Å². The Morgan fingerprint density at radius 2 is 1.97 bits per heavy atom. The molecule has 1 aliphatic heterocycles. The molecule has 2 aromatic carbocycles. The minimum Gasteiger partial charge on any atom is -0.383 e. The zero-order chi connectivity index (χ0) is 22.0. The molecule has 1 aliphatic rings. The number of hydrogen-bond donors (Lipinski definition) is 1. The number of methoxy groups -OCH3 is 1. The Bertz CT molecular complexity index is 1110. The third kappa shape index (κ3) is 4.03. The Balaban J connectivity index is 1.68. The zero-order valence-corrected chi connectivity index (χ0v) is 18.4. The van der Waals surface area contributed by atoms with Crippen molar-refractivity contribution in [3.63, 3.8) is 0 Å². The smallest absolute Gasteiger partial charge is 0.290 e. The number of nitrogens with zero attached hydrogens (tertiary/aromatic N) is 3. The third-order valence-electron chi connectivity index (χ3n) is 5.77. The van der Waals surface area contributed by atoms with Crippen LogP contribution in [-0.4, -0.2) is 58.6 Å². The predicted octanol–water partition coefficient (Wildman–Crippen LogP) is 2.91. The van der Waals surface area contributed by atoms with Crippen molar-refractivity contribution in [2.75, 3.05) is 26.8 Å². The number of rotatable bonds is 7. The van der Waals surface area contributed by atoms with Crippen molar-refractivity contribution < 1.29 is 14.3 Å². The lowest BCUT2D eigenvalue weighted by Crippen LogP contribution is -2.64. The van der Waals surface area contributed by atoms with Crippen LogP contribution in [0.15, 0.2) is 48.5 Å². The molecule has 2 heterocycles. The number of carbonyl (C=O) groups is 2. The van der Waals surface area contributed by atoms with E-state index in [0.717, 1.165) is 16.6 Å². The molecule has 0 spiro atoms. The topological polar surface area (TPSA) is 76.5 Å². The van der Waals surface area contributed by atoms with Gasteiger partial charge in [0.15, 0.2) is 5.82 Å². The van der Waals surface area contributed by atoms with Crippen LogP contribution >= 0.6 is 11.6 Å². The van der Waals surface area contributed by atoms with Gasteiger partial charge in [-0.2, -0.15) is 0 Å². The van der Waals surface area contributed by atoms with E-state index in [-0.39, 0.29) is 11.8 Å². The van der Waals surface area contributed by atoms with E-state index in [2.05, 4.69) is 10.3 Å². The quantitative estimate of drug-likeness (QED) is 0.573. The summed E-state index contributed by atoms with van der Waals surface area (Å²) in [6, 6.07) is 15.1. The summed E-state index contributed by atoms with van der Waals surface area (Å²) < 4.78 is 6.91. The minimum atomic E-state index is -1.06. The highest BCUT2D eigenvalue weighted by Crippen LogP contribution is 2.30. The molecule has 0 saturated heterocycles. The molecule has 1 N–H and O–H groups in total. The van der Waals surface area contributed by atoms with Gasteiger partial charge in [0, 0.05) is 25.2 Å². The van der Waals surface area contributed by atoms with Gasteiger partial charge in [0.25, 0.3) is 5.91 Å². The number of imidazole rings is 1. The summed E-state index contributed by atoms with van der Waals surface area (Å²) >= 11 is 5.99. The van der Waals surface area contributed by atoms with Gasteiger partial charge in [0.2, 0.25) is 5.91 Å². The highest BCUT2D eigenvalue weighted by atomic mass is 35.5. The average Bonchev–Trinajstić information content (AvgIpc) is 3.13. The van der Waals surface area contributed by atoms with Gasteiger partial charge in [-0.25, -0.2) is 4.98 Å². The van der Waals surface area contributed by atoms with Crippen LogP contribution in [-0.2, 0) is 22.5 Å². The van der Waals surface area contributed by atoms with Crippen LogP contribution in [0.25, 0.3) is 11.0 Å². The summed E-state index contributed by atoms with van der Waals surface area (Å²) in [6.07, 6.45) is 0.601. The minimum absolute atomic E-state index is 0.211. The van der Waals surface area contributed by atoms with Crippen LogP contribution in [0.3, 0.4) is 0 Å². The van der Waals surface area contributed by atoms with Gasteiger partial charge in [-0.15, -0.1) is 0 Å². The zero-order valence-electron chi connectivity index (χ0n) is 17.6. The van der Waals surface area contributed by atoms with Gasteiger partial charge in [0.1, 0.15) is 5.54 Å². The summed E-state index contributed by atoms with van der Waals surface area (Å²) in [4.78, 5) is 33.0. The number of ether oxygens (including phenoxy) is 1. The Morgan fingerprint density at radius 3 is 2.71 bits per heavy atom. The predicted molar refractivity (Wildman–Crippen MR) is 119 cm³/mol. The Morgan fingerprint density at radius 1 is 1.23 bits per heavy atom. The highest BCUT2D eigenvalue weighted by molar-refractivity contribution is 6.30. The Kier molecular flexibility index (Phi) is 5.98. The number of fused-ring (bicyclic) bond motifs is 3. The molecule has 3 aromatic rings. The second kappa shape index (κ2) is 8.69. The molecule has 0 fully saturated rings. The van der Waals surface area contributed by atoms with E-state index in [1.807, 2.05) is 60.0 Å². The number of nitrogens with one attached hydrogen (secondary N) is 1. The lowest BCUT2D eigenvalue weighted by atomic mass is 9.94. The number of para-hydroxylation sites is 2. The maximum absolute atomic E-state index is 13.5. The maximum Gasteiger partial charge on any atom is 0.290 e. The van der Waals surface area contributed by atoms with Crippen molar-refractivity contribution >= 4 is 34.4 Å². The molecule has 1 unspecified atom stereocenters. The van der Waals surface area contributed by atoms with E-state index in [1.165, 1.54) is 0 Å². The molecule has 0 bridgehead atoms.